The summed E-state index contributed by atoms with van der Waals surface area (Å²) in [6, 6.07) is 1.58. The summed E-state index contributed by atoms with van der Waals surface area (Å²) in [5, 5.41) is 0.267. The Labute approximate surface area is 89.8 Å². The van der Waals surface area contributed by atoms with E-state index >= 15 is 0 Å². The molecule has 0 bridgehead atoms. The molecule has 0 aliphatic rings. The average Bonchev–Trinajstić information content (AvgIpc) is 1.82. The molecular weight excluding hydrogens is 242 g/mol. The van der Waals surface area contributed by atoms with Crippen molar-refractivity contribution in [3.8, 4) is 0 Å². The molecule has 2 nitrogen and oxygen atoms in total. The summed E-state index contributed by atoms with van der Waals surface area (Å²) in [7, 11) is 0. The van der Waals surface area contributed by atoms with E-state index in [-0.39, 0.29) is 11.0 Å². The van der Waals surface area contributed by atoms with Gasteiger partial charge in [0.15, 0.2) is 5.82 Å². The SMILES string of the molecule is Cc1cc(Cl)nc(C(Cl)(Cl)Cl)n1. The van der Waals surface area contributed by atoms with Crippen LogP contribution < -0.4 is 0 Å². The van der Waals surface area contributed by atoms with E-state index in [9.17, 15) is 0 Å². The molecule has 0 aromatic carbocycles. The van der Waals surface area contributed by atoms with Gasteiger partial charge in [0.05, 0.1) is 0 Å². The summed E-state index contributed by atoms with van der Waals surface area (Å²) in [5.74, 6) is 0.0949. The molecule has 0 spiro atoms. The van der Waals surface area contributed by atoms with Crippen molar-refractivity contribution in [2.24, 2.45) is 0 Å². The second kappa shape index (κ2) is 3.54. The van der Waals surface area contributed by atoms with Crippen molar-refractivity contribution in [3.05, 3.63) is 22.7 Å². The van der Waals surface area contributed by atoms with Crippen molar-refractivity contribution in [1.29, 1.82) is 0 Å². The van der Waals surface area contributed by atoms with Gasteiger partial charge in [-0.25, -0.2) is 9.97 Å². The van der Waals surface area contributed by atoms with Crippen LogP contribution in [0.5, 0.6) is 0 Å². The predicted molar refractivity (Wildman–Crippen MR) is 51.0 cm³/mol. The fourth-order valence-corrected chi connectivity index (χ4v) is 1.15. The summed E-state index contributed by atoms with van der Waals surface area (Å²) >= 11 is 22.3. The Hall–Kier alpha value is 0.240. The summed E-state index contributed by atoms with van der Waals surface area (Å²) in [4.78, 5) is 7.68. The average molecular weight is 246 g/mol. The van der Waals surface area contributed by atoms with Crippen molar-refractivity contribution >= 4 is 46.4 Å². The number of alkyl halides is 3. The monoisotopic (exact) mass is 244 g/mol. The minimum Gasteiger partial charge on any atom is -0.234 e. The first kappa shape index (κ1) is 10.3. The lowest BCUT2D eigenvalue weighted by atomic mass is 10.4. The fraction of sp³-hybridized carbons (Fsp3) is 0.333. The van der Waals surface area contributed by atoms with Crippen LogP contribution in [-0.2, 0) is 3.79 Å². The molecular formula is C6H4Cl4N2. The largest absolute Gasteiger partial charge is 0.250 e. The second-order valence-corrected chi connectivity index (χ2v) is 4.82. The molecule has 0 radical (unpaired) electrons. The molecule has 0 saturated heterocycles. The highest BCUT2D eigenvalue weighted by Crippen LogP contribution is 2.36. The number of nitrogens with zero attached hydrogens (tertiary/aromatic N) is 2. The molecule has 1 aromatic heterocycles. The van der Waals surface area contributed by atoms with Crippen LogP contribution in [-0.4, -0.2) is 9.97 Å². The Morgan fingerprint density at radius 3 is 2.25 bits per heavy atom. The second-order valence-electron chi connectivity index (χ2n) is 2.15. The van der Waals surface area contributed by atoms with Crippen LogP contribution in [0.25, 0.3) is 0 Å². The molecule has 12 heavy (non-hydrogen) atoms. The van der Waals surface area contributed by atoms with E-state index in [1.54, 1.807) is 13.0 Å². The van der Waals surface area contributed by atoms with Crippen LogP contribution in [0.1, 0.15) is 11.5 Å². The Kier molecular flexibility index (Phi) is 3.05. The topological polar surface area (TPSA) is 25.8 Å². The van der Waals surface area contributed by atoms with Crippen molar-refractivity contribution in [3.63, 3.8) is 0 Å². The van der Waals surface area contributed by atoms with E-state index in [0.717, 1.165) is 0 Å². The van der Waals surface area contributed by atoms with Gasteiger partial charge >= 0.3 is 0 Å². The van der Waals surface area contributed by atoms with Gasteiger partial charge < -0.3 is 0 Å². The van der Waals surface area contributed by atoms with E-state index in [0.29, 0.717) is 5.69 Å². The lowest BCUT2D eigenvalue weighted by Gasteiger charge is -2.09. The van der Waals surface area contributed by atoms with Gasteiger partial charge in [-0.15, -0.1) is 0 Å². The molecule has 6 heteroatoms. The highest BCUT2D eigenvalue weighted by atomic mass is 35.6. The van der Waals surface area contributed by atoms with Gasteiger partial charge in [-0.05, 0) is 13.0 Å². The molecule has 0 saturated carbocycles. The molecule has 1 rings (SSSR count). The smallest absolute Gasteiger partial charge is 0.234 e. The lowest BCUT2D eigenvalue weighted by Crippen LogP contribution is -2.07. The zero-order valence-corrected chi connectivity index (χ0v) is 9.01. The maximum absolute atomic E-state index is 5.63. The van der Waals surface area contributed by atoms with Gasteiger partial charge in [0.1, 0.15) is 5.15 Å². The highest BCUT2D eigenvalue weighted by molar-refractivity contribution is 6.66. The van der Waals surface area contributed by atoms with Crippen molar-refractivity contribution < 1.29 is 0 Å². The van der Waals surface area contributed by atoms with E-state index in [4.69, 9.17) is 46.4 Å². The normalized spacial score (nSPS) is 11.8. The predicted octanol–water partition coefficient (Wildman–Crippen LogP) is 3.27. The van der Waals surface area contributed by atoms with Gasteiger partial charge in [0.25, 0.3) is 0 Å². The van der Waals surface area contributed by atoms with Crippen LogP contribution in [0.4, 0.5) is 0 Å². The molecule has 0 N–H and O–H groups in total. The third kappa shape index (κ3) is 2.63. The van der Waals surface area contributed by atoms with Crippen molar-refractivity contribution in [1.82, 2.24) is 9.97 Å². The summed E-state index contributed by atoms with van der Waals surface area (Å²) in [6.07, 6.45) is 0. The van der Waals surface area contributed by atoms with E-state index in [2.05, 4.69) is 9.97 Å². The van der Waals surface area contributed by atoms with Crippen molar-refractivity contribution in [2.45, 2.75) is 10.7 Å². The quantitative estimate of drug-likeness (QED) is 0.518. The maximum Gasteiger partial charge on any atom is 0.250 e. The van der Waals surface area contributed by atoms with Crippen LogP contribution in [0.15, 0.2) is 6.07 Å². The van der Waals surface area contributed by atoms with Crippen LogP contribution in [0, 0.1) is 6.92 Å². The lowest BCUT2D eigenvalue weighted by molar-refractivity contribution is 0.942. The zero-order chi connectivity index (χ0) is 9.35. The molecule has 66 valence electrons. The van der Waals surface area contributed by atoms with Crippen LogP contribution >= 0.6 is 46.4 Å². The molecule has 0 unspecified atom stereocenters. The minimum absolute atomic E-state index is 0.0949. The number of hydrogen-bond acceptors (Lipinski definition) is 2. The van der Waals surface area contributed by atoms with Gasteiger partial charge in [-0.1, -0.05) is 46.4 Å². The maximum atomic E-state index is 5.63. The first-order valence-corrected chi connectivity index (χ1v) is 4.49. The minimum atomic E-state index is -1.62. The number of halogens is 4. The molecule has 0 aliphatic carbocycles. The highest BCUT2D eigenvalue weighted by Gasteiger charge is 2.26. The third-order valence-electron chi connectivity index (χ3n) is 1.08. The first-order valence-electron chi connectivity index (χ1n) is 2.98. The molecule has 1 heterocycles. The molecule has 0 atom stereocenters. The standard InChI is InChI=1S/C6H4Cl4N2/c1-3-2-4(7)12-5(11-3)6(8,9)10/h2H,1H3. The Morgan fingerprint density at radius 1 is 1.25 bits per heavy atom. The molecule has 1 aromatic rings. The number of aromatic nitrogens is 2. The molecule has 0 fully saturated rings. The first-order chi connectivity index (χ1) is 5.39. The van der Waals surface area contributed by atoms with Crippen LogP contribution in [0.3, 0.4) is 0 Å². The third-order valence-corrected chi connectivity index (χ3v) is 1.78. The van der Waals surface area contributed by atoms with E-state index in [1.165, 1.54) is 0 Å². The summed E-state index contributed by atoms with van der Waals surface area (Å²) < 4.78 is -1.62. The zero-order valence-electron chi connectivity index (χ0n) is 5.98. The summed E-state index contributed by atoms with van der Waals surface area (Å²) in [6.45, 7) is 1.74. The van der Waals surface area contributed by atoms with E-state index < -0.39 is 3.79 Å². The number of aryl methyl sites for hydroxylation is 1. The van der Waals surface area contributed by atoms with Gasteiger partial charge in [0, 0.05) is 5.69 Å². The van der Waals surface area contributed by atoms with E-state index in [1.807, 2.05) is 0 Å². The Bertz CT molecular complexity index is 274. The van der Waals surface area contributed by atoms with Gasteiger partial charge in [-0.2, -0.15) is 0 Å². The van der Waals surface area contributed by atoms with Gasteiger partial charge in [0.2, 0.25) is 3.79 Å². The molecule has 0 amide bonds. The fourth-order valence-electron chi connectivity index (χ4n) is 0.657. The Balaban J connectivity index is 3.18. The van der Waals surface area contributed by atoms with Crippen LogP contribution in [0.2, 0.25) is 5.15 Å². The Morgan fingerprint density at radius 2 is 1.83 bits per heavy atom. The van der Waals surface area contributed by atoms with Crippen molar-refractivity contribution in [2.75, 3.05) is 0 Å². The van der Waals surface area contributed by atoms with Gasteiger partial charge in [-0.3, -0.25) is 0 Å². The number of hydrogen-bond donors (Lipinski definition) is 0. The summed E-state index contributed by atoms with van der Waals surface area (Å²) in [5.41, 5.74) is 0.663. The molecule has 0 aliphatic heterocycles. The number of rotatable bonds is 0.